The van der Waals surface area contributed by atoms with E-state index in [1.807, 2.05) is 25.1 Å². The van der Waals surface area contributed by atoms with Crippen LogP contribution >= 0.6 is 0 Å². The summed E-state index contributed by atoms with van der Waals surface area (Å²) in [5.74, 6) is 1.89. The summed E-state index contributed by atoms with van der Waals surface area (Å²) in [6, 6.07) is 12.8. The third-order valence-electron chi connectivity index (χ3n) is 6.05. The first-order valence-corrected chi connectivity index (χ1v) is 12.6. The minimum absolute atomic E-state index is 0.242. The van der Waals surface area contributed by atoms with Crippen molar-refractivity contribution in [1.29, 1.82) is 0 Å². The maximum absolute atomic E-state index is 13.5. The largest absolute Gasteiger partial charge is 0.497 e. The van der Waals surface area contributed by atoms with Gasteiger partial charge in [0.25, 0.3) is 0 Å². The van der Waals surface area contributed by atoms with Gasteiger partial charge in [-0.2, -0.15) is 0 Å². The standard InChI is InChI=1S/C24H29N3O5S/c1-16-8-5-11-20(31-4)23(16)27-22(25-26-24(27)21-12-7-13-32-21)15-33(28,29)17(2)18-9-6-10-19(14-18)30-3/h5-6,8-11,14,17,21H,7,12-13,15H2,1-4H3/t17-,21+/m1/s1. The Morgan fingerprint density at radius 3 is 2.64 bits per heavy atom. The van der Waals surface area contributed by atoms with Gasteiger partial charge in [0.2, 0.25) is 0 Å². The molecule has 2 atom stereocenters. The summed E-state index contributed by atoms with van der Waals surface area (Å²) in [5.41, 5.74) is 2.32. The molecule has 1 aliphatic rings. The number of nitrogens with zero attached hydrogens (tertiary/aromatic N) is 3. The number of benzene rings is 2. The van der Waals surface area contributed by atoms with Gasteiger partial charge in [0.05, 0.1) is 25.2 Å². The van der Waals surface area contributed by atoms with Gasteiger partial charge in [-0.15, -0.1) is 10.2 Å². The number of hydrogen-bond donors (Lipinski definition) is 0. The van der Waals surface area contributed by atoms with Crippen LogP contribution in [0.25, 0.3) is 5.69 Å². The van der Waals surface area contributed by atoms with E-state index in [2.05, 4.69) is 10.2 Å². The van der Waals surface area contributed by atoms with Crippen molar-refractivity contribution in [1.82, 2.24) is 14.8 Å². The Kier molecular flexibility index (Phi) is 6.71. The second kappa shape index (κ2) is 9.52. The van der Waals surface area contributed by atoms with Gasteiger partial charge in [-0.25, -0.2) is 8.42 Å². The van der Waals surface area contributed by atoms with Crippen molar-refractivity contribution in [3.63, 3.8) is 0 Å². The Hall–Kier alpha value is -2.91. The lowest BCUT2D eigenvalue weighted by atomic mass is 10.1. The number of rotatable bonds is 8. The molecule has 0 unspecified atom stereocenters. The summed E-state index contributed by atoms with van der Waals surface area (Å²) >= 11 is 0. The van der Waals surface area contributed by atoms with E-state index >= 15 is 0 Å². The molecule has 9 heteroatoms. The molecule has 3 aromatic rings. The minimum Gasteiger partial charge on any atom is -0.497 e. The Morgan fingerprint density at radius 2 is 1.94 bits per heavy atom. The van der Waals surface area contributed by atoms with E-state index in [9.17, 15) is 8.42 Å². The van der Waals surface area contributed by atoms with Crippen LogP contribution in [0.15, 0.2) is 42.5 Å². The van der Waals surface area contributed by atoms with Gasteiger partial charge in [-0.05, 0) is 56.0 Å². The minimum atomic E-state index is -3.62. The summed E-state index contributed by atoms with van der Waals surface area (Å²) in [5, 5.41) is 7.96. The number of ether oxygens (including phenoxy) is 3. The number of hydrogen-bond acceptors (Lipinski definition) is 7. The third-order valence-corrected chi connectivity index (χ3v) is 8.06. The molecule has 0 N–H and O–H groups in total. The first kappa shape index (κ1) is 23.3. The molecule has 0 amide bonds. The molecule has 0 aliphatic carbocycles. The molecule has 33 heavy (non-hydrogen) atoms. The van der Waals surface area contributed by atoms with Gasteiger partial charge in [0, 0.05) is 6.61 Å². The molecule has 0 bridgehead atoms. The Labute approximate surface area is 194 Å². The lowest BCUT2D eigenvalue weighted by Crippen LogP contribution is -2.18. The first-order valence-electron chi connectivity index (χ1n) is 10.9. The lowest BCUT2D eigenvalue weighted by molar-refractivity contribution is 0.103. The maximum Gasteiger partial charge on any atom is 0.167 e. The summed E-state index contributed by atoms with van der Waals surface area (Å²) in [7, 11) is -0.474. The fraction of sp³-hybridized carbons (Fsp3) is 0.417. The van der Waals surface area contributed by atoms with Crippen molar-refractivity contribution in [3.05, 3.63) is 65.2 Å². The zero-order chi connectivity index (χ0) is 23.6. The van der Waals surface area contributed by atoms with Gasteiger partial charge < -0.3 is 14.2 Å². The van der Waals surface area contributed by atoms with Crippen LogP contribution in [0.5, 0.6) is 11.5 Å². The normalized spacial score (nSPS) is 17.2. The first-order chi connectivity index (χ1) is 15.9. The number of para-hydroxylation sites is 1. The van der Waals surface area contributed by atoms with E-state index in [1.165, 1.54) is 0 Å². The highest BCUT2D eigenvalue weighted by atomic mass is 32.2. The van der Waals surface area contributed by atoms with Gasteiger partial charge in [0.1, 0.15) is 23.4 Å². The van der Waals surface area contributed by atoms with Gasteiger partial charge in [-0.1, -0.05) is 24.3 Å². The fourth-order valence-corrected chi connectivity index (χ4v) is 5.51. The summed E-state index contributed by atoms with van der Waals surface area (Å²) < 4.78 is 45.5. The average Bonchev–Trinajstić information content (AvgIpc) is 3.48. The van der Waals surface area contributed by atoms with Crippen molar-refractivity contribution < 1.29 is 22.6 Å². The summed E-state index contributed by atoms with van der Waals surface area (Å²) in [4.78, 5) is 0. The van der Waals surface area contributed by atoms with Crippen molar-refractivity contribution in [2.45, 2.75) is 43.8 Å². The molecule has 1 aliphatic heterocycles. The molecular formula is C24H29N3O5S. The van der Waals surface area contributed by atoms with E-state index in [0.29, 0.717) is 35.3 Å². The molecular weight excluding hydrogens is 442 g/mol. The molecule has 1 fully saturated rings. The Morgan fingerprint density at radius 1 is 1.15 bits per heavy atom. The predicted octanol–water partition coefficient (Wildman–Crippen LogP) is 4.12. The van der Waals surface area contributed by atoms with Crippen LogP contribution in [0.1, 0.15) is 53.9 Å². The van der Waals surface area contributed by atoms with E-state index in [0.717, 1.165) is 24.1 Å². The van der Waals surface area contributed by atoms with Crippen molar-refractivity contribution in [3.8, 4) is 17.2 Å². The Balaban J connectivity index is 1.78. The topological polar surface area (TPSA) is 92.5 Å². The zero-order valence-electron chi connectivity index (χ0n) is 19.3. The highest BCUT2D eigenvalue weighted by Crippen LogP contribution is 2.35. The van der Waals surface area contributed by atoms with E-state index in [4.69, 9.17) is 14.2 Å². The second-order valence-corrected chi connectivity index (χ2v) is 10.5. The van der Waals surface area contributed by atoms with Crippen LogP contribution in [0, 0.1) is 6.92 Å². The molecule has 4 rings (SSSR count). The molecule has 8 nitrogen and oxygen atoms in total. The molecule has 2 heterocycles. The molecule has 2 aromatic carbocycles. The van der Waals surface area contributed by atoms with E-state index in [1.54, 1.807) is 50.0 Å². The Bertz CT molecular complexity index is 1230. The van der Waals surface area contributed by atoms with Crippen molar-refractivity contribution in [2.24, 2.45) is 0 Å². The SMILES string of the molecule is COc1cccc([C@@H](C)S(=O)(=O)Cc2nnc([C@@H]3CCCO3)n2-c2c(C)cccc2OC)c1. The molecule has 176 valence electrons. The number of sulfone groups is 1. The second-order valence-electron chi connectivity index (χ2n) is 8.16. The average molecular weight is 472 g/mol. The quantitative estimate of drug-likeness (QED) is 0.488. The lowest BCUT2D eigenvalue weighted by Gasteiger charge is -2.19. The van der Waals surface area contributed by atoms with Crippen LogP contribution < -0.4 is 9.47 Å². The molecule has 0 spiro atoms. The van der Waals surface area contributed by atoms with Crippen molar-refractivity contribution >= 4 is 9.84 Å². The monoisotopic (exact) mass is 471 g/mol. The van der Waals surface area contributed by atoms with E-state index < -0.39 is 15.1 Å². The number of aromatic nitrogens is 3. The van der Waals surface area contributed by atoms with Gasteiger partial charge in [0.15, 0.2) is 21.5 Å². The highest BCUT2D eigenvalue weighted by molar-refractivity contribution is 7.90. The molecule has 1 saturated heterocycles. The van der Waals surface area contributed by atoms with Crippen LogP contribution in [0.4, 0.5) is 0 Å². The van der Waals surface area contributed by atoms with Crippen molar-refractivity contribution in [2.75, 3.05) is 20.8 Å². The number of methoxy groups -OCH3 is 2. The molecule has 0 radical (unpaired) electrons. The molecule has 0 saturated carbocycles. The van der Waals surface area contributed by atoms with Crippen LogP contribution in [-0.2, 0) is 20.3 Å². The van der Waals surface area contributed by atoms with Crippen LogP contribution in [-0.4, -0.2) is 44.0 Å². The smallest absolute Gasteiger partial charge is 0.167 e. The summed E-state index contributed by atoms with van der Waals surface area (Å²) in [6.07, 6.45) is 1.48. The fourth-order valence-electron chi connectivity index (χ4n) is 4.15. The molecule has 1 aromatic heterocycles. The summed E-state index contributed by atoms with van der Waals surface area (Å²) in [6.45, 7) is 4.28. The van der Waals surface area contributed by atoms with E-state index in [-0.39, 0.29) is 11.9 Å². The zero-order valence-corrected chi connectivity index (χ0v) is 20.1. The van der Waals surface area contributed by atoms with Crippen LogP contribution in [0.2, 0.25) is 0 Å². The maximum atomic E-state index is 13.5. The predicted molar refractivity (Wildman–Crippen MR) is 125 cm³/mol. The third kappa shape index (κ3) is 4.60. The highest BCUT2D eigenvalue weighted by Gasteiger charge is 2.32. The van der Waals surface area contributed by atoms with Gasteiger partial charge >= 0.3 is 0 Å². The van der Waals surface area contributed by atoms with Crippen LogP contribution in [0.3, 0.4) is 0 Å². The van der Waals surface area contributed by atoms with Gasteiger partial charge in [-0.3, -0.25) is 4.57 Å². The number of aryl methyl sites for hydroxylation is 1.